The van der Waals surface area contributed by atoms with E-state index in [0.717, 1.165) is 13.1 Å². The Morgan fingerprint density at radius 3 is 2.77 bits per heavy atom. The third-order valence-corrected chi connectivity index (χ3v) is 2.25. The Hall–Kier alpha value is -0.930. The fourth-order valence-corrected chi connectivity index (χ4v) is 1.33. The van der Waals surface area contributed by atoms with Gasteiger partial charge in [-0.1, -0.05) is 11.6 Å². The van der Waals surface area contributed by atoms with Crippen LogP contribution in [0, 0.1) is 0 Å². The number of phenolic OH excluding ortho intramolecular Hbond substituents is 1. The summed E-state index contributed by atoms with van der Waals surface area (Å²) in [4.78, 5) is 0. The minimum absolute atomic E-state index is 0.157. The molecule has 0 unspecified atom stereocenters. The van der Waals surface area contributed by atoms with Gasteiger partial charge in [-0.15, -0.1) is 0 Å². The minimum atomic E-state index is 0.157. The van der Waals surface area contributed by atoms with Crippen molar-refractivity contribution in [3.63, 3.8) is 0 Å². The van der Waals surface area contributed by atoms with E-state index in [1.807, 2.05) is 0 Å². The molecule has 0 bridgehead atoms. The van der Waals surface area contributed by atoms with E-state index in [0.29, 0.717) is 10.8 Å². The Morgan fingerprint density at radius 1 is 1.46 bits per heavy atom. The highest BCUT2D eigenvalue weighted by atomic mass is 35.5. The first-order valence-corrected chi connectivity index (χ1v) is 4.49. The summed E-state index contributed by atoms with van der Waals surface area (Å²) in [5.74, 6) is 0.787. The molecule has 2 N–H and O–H groups in total. The largest absolute Gasteiger partial charge is 0.508 e. The standard InChI is InChI=1S/C9H10ClNO2/c10-8-3-6(12)1-2-9(8)13-7-4-11-5-7/h1-3,7,11-12H,4-5H2. The Balaban J connectivity index is 2.10. The molecule has 0 atom stereocenters. The lowest BCUT2D eigenvalue weighted by molar-refractivity contribution is 0.142. The number of hydrogen-bond donors (Lipinski definition) is 2. The van der Waals surface area contributed by atoms with Crippen LogP contribution in [0.5, 0.6) is 11.5 Å². The summed E-state index contributed by atoms with van der Waals surface area (Å²) < 4.78 is 5.53. The highest BCUT2D eigenvalue weighted by molar-refractivity contribution is 6.32. The van der Waals surface area contributed by atoms with Gasteiger partial charge in [-0.25, -0.2) is 0 Å². The van der Waals surface area contributed by atoms with Gasteiger partial charge in [0.1, 0.15) is 17.6 Å². The minimum Gasteiger partial charge on any atom is -0.508 e. The number of ether oxygens (including phenoxy) is 1. The van der Waals surface area contributed by atoms with Crippen LogP contribution < -0.4 is 10.1 Å². The maximum atomic E-state index is 9.09. The van der Waals surface area contributed by atoms with Gasteiger partial charge in [-0.2, -0.15) is 0 Å². The summed E-state index contributed by atoms with van der Waals surface area (Å²) in [6.45, 7) is 1.72. The van der Waals surface area contributed by atoms with Gasteiger partial charge in [0.25, 0.3) is 0 Å². The first-order valence-electron chi connectivity index (χ1n) is 4.11. The van der Waals surface area contributed by atoms with Crippen LogP contribution in [-0.4, -0.2) is 24.3 Å². The molecular formula is C9H10ClNO2. The molecule has 4 heteroatoms. The van der Waals surface area contributed by atoms with Crippen molar-refractivity contribution in [2.75, 3.05) is 13.1 Å². The second-order valence-corrected chi connectivity index (χ2v) is 3.42. The van der Waals surface area contributed by atoms with Crippen LogP contribution in [0.15, 0.2) is 18.2 Å². The zero-order chi connectivity index (χ0) is 9.26. The van der Waals surface area contributed by atoms with Gasteiger partial charge in [-0.05, 0) is 12.1 Å². The van der Waals surface area contributed by atoms with Crippen LogP contribution in [-0.2, 0) is 0 Å². The summed E-state index contributed by atoms with van der Waals surface area (Å²) >= 11 is 5.85. The number of halogens is 1. The maximum absolute atomic E-state index is 9.09. The number of rotatable bonds is 2. The van der Waals surface area contributed by atoms with Gasteiger partial charge in [0.15, 0.2) is 0 Å². The summed E-state index contributed by atoms with van der Waals surface area (Å²) in [5.41, 5.74) is 0. The predicted octanol–water partition coefficient (Wildman–Crippen LogP) is 1.40. The van der Waals surface area contributed by atoms with Gasteiger partial charge >= 0.3 is 0 Å². The summed E-state index contributed by atoms with van der Waals surface area (Å²) in [6.07, 6.45) is 0.210. The first-order chi connectivity index (χ1) is 6.25. The van der Waals surface area contributed by atoms with E-state index in [2.05, 4.69) is 5.32 Å². The topological polar surface area (TPSA) is 41.5 Å². The van der Waals surface area contributed by atoms with E-state index in [-0.39, 0.29) is 11.9 Å². The molecule has 1 saturated heterocycles. The fourth-order valence-electron chi connectivity index (χ4n) is 1.11. The Labute approximate surface area is 81.3 Å². The molecule has 1 fully saturated rings. The van der Waals surface area contributed by atoms with Gasteiger partial charge in [0.05, 0.1) is 5.02 Å². The zero-order valence-electron chi connectivity index (χ0n) is 6.96. The van der Waals surface area contributed by atoms with Gasteiger partial charge in [0, 0.05) is 19.2 Å². The summed E-state index contributed by atoms with van der Waals surface area (Å²) in [7, 11) is 0. The monoisotopic (exact) mass is 199 g/mol. The molecule has 0 aromatic heterocycles. The zero-order valence-corrected chi connectivity index (χ0v) is 7.71. The van der Waals surface area contributed by atoms with Crippen molar-refractivity contribution in [1.82, 2.24) is 5.32 Å². The molecule has 1 aliphatic heterocycles. The van der Waals surface area contributed by atoms with E-state index in [1.165, 1.54) is 6.07 Å². The van der Waals surface area contributed by atoms with E-state index < -0.39 is 0 Å². The lowest BCUT2D eigenvalue weighted by Crippen LogP contribution is -2.50. The SMILES string of the molecule is Oc1ccc(OC2CNC2)c(Cl)c1. The number of aromatic hydroxyl groups is 1. The molecule has 70 valence electrons. The number of nitrogens with one attached hydrogen (secondary N) is 1. The van der Waals surface area contributed by atoms with Crippen LogP contribution in [0.25, 0.3) is 0 Å². The molecule has 2 rings (SSSR count). The molecule has 1 heterocycles. The smallest absolute Gasteiger partial charge is 0.138 e. The van der Waals surface area contributed by atoms with Gasteiger partial charge in [0.2, 0.25) is 0 Å². The average molecular weight is 200 g/mol. The molecule has 1 aromatic rings. The molecule has 0 saturated carbocycles. The van der Waals surface area contributed by atoms with Crippen LogP contribution >= 0.6 is 11.6 Å². The second kappa shape index (κ2) is 3.44. The summed E-state index contributed by atoms with van der Waals surface area (Å²) in [5, 5.41) is 12.6. The van der Waals surface area contributed by atoms with Gasteiger partial charge < -0.3 is 15.2 Å². The highest BCUT2D eigenvalue weighted by Gasteiger charge is 2.19. The first kappa shape index (κ1) is 8.66. The normalized spacial score (nSPS) is 16.7. The molecule has 0 spiro atoms. The Bertz CT molecular complexity index is 312. The third-order valence-electron chi connectivity index (χ3n) is 1.95. The van der Waals surface area contributed by atoms with Crippen LogP contribution in [0.3, 0.4) is 0 Å². The molecule has 1 aromatic carbocycles. The van der Waals surface area contributed by atoms with Crippen LogP contribution in [0.2, 0.25) is 5.02 Å². The van der Waals surface area contributed by atoms with Crippen molar-refractivity contribution in [3.8, 4) is 11.5 Å². The molecule has 3 nitrogen and oxygen atoms in total. The predicted molar refractivity (Wildman–Crippen MR) is 50.4 cm³/mol. The molecular weight excluding hydrogens is 190 g/mol. The van der Waals surface area contributed by atoms with Gasteiger partial charge in [-0.3, -0.25) is 0 Å². The van der Waals surface area contributed by atoms with E-state index in [9.17, 15) is 0 Å². The average Bonchev–Trinajstić information content (AvgIpc) is 1.99. The maximum Gasteiger partial charge on any atom is 0.138 e. The highest BCUT2D eigenvalue weighted by Crippen LogP contribution is 2.29. The Kier molecular flexibility index (Phi) is 2.29. The molecule has 13 heavy (non-hydrogen) atoms. The molecule has 0 amide bonds. The lowest BCUT2D eigenvalue weighted by atomic mass is 10.2. The molecule has 0 aliphatic carbocycles. The fraction of sp³-hybridized carbons (Fsp3) is 0.333. The van der Waals surface area contributed by atoms with Crippen molar-refractivity contribution in [3.05, 3.63) is 23.2 Å². The van der Waals surface area contributed by atoms with E-state index in [1.54, 1.807) is 12.1 Å². The van der Waals surface area contributed by atoms with E-state index >= 15 is 0 Å². The van der Waals surface area contributed by atoms with Crippen molar-refractivity contribution in [1.29, 1.82) is 0 Å². The lowest BCUT2D eigenvalue weighted by Gasteiger charge is -2.28. The van der Waals surface area contributed by atoms with Crippen molar-refractivity contribution < 1.29 is 9.84 Å². The quantitative estimate of drug-likeness (QED) is 0.757. The number of hydrogen-bond acceptors (Lipinski definition) is 3. The Morgan fingerprint density at radius 2 is 2.23 bits per heavy atom. The number of phenols is 1. The van der Waals surface area contributed by atoms with E-state index in [4.69, 9.17) is 21.4 Å². The van der Waals surface area contributed by atoms with Crippen molar-refractivity contribution >= 4 is 11.6 Å². The second-order valence-electron chi connectivity index (χ2n) is 3.01. The van der Waals surface area contributed by atoms with Crippen molar-refractivity contribution in [2.45, 2.75) is 6.10 Å². The molecule has 0 radical (unpaired) electrons. The number of benzene rings is 1. The van der Waals surface area contributed by atoms with Crippen molar-refractivity contribution in [2.24, 2.45) is 0 Å². The molecule has 1 aliphatic rings. The third kappa shape index (κ3) is 1.87. The van der Waals surface area contributed by atoms with Crippen LogP contribution in [0.1, 0.15) is 0 Å². The van der Waals surface area contributed by atoms with Crippen LogP contribution in [0.4, 0.5) is 0 Å². The summed E-state index contributed by atoms with van der Waals surface area (Å²) in [6, 6.07) is 4.71.